The van der Waals surface area contributed by atoms with E-state index in [0.29, 0.717) is 0 Å². The van der Waals surface area contributed by atoms with Gasteiger partial charge in [0.2, 0.25) is 0 Å². The fourth-order valence-electron chi connectivity index (χ4n) is 3.43. The van der Waals surface area contributed by atoms with E-state index in [4.69, 9.17) is 0 Å². The van der Waals surface area contributed by atoms with Gasteiger partial charge < -0.3 is 0 Å². The molecule has 0 bridgehead atoms. The first-order chi connectivity index (χ1) is 5.81. The normalized spacial score (nSPS) is 61.5. The highest BCUT2D eigenvalue weighted by Crippen LogP contribution is 2.66. The second kappa shape index (κ2) is 2.27. The zero-order valence-electron chi connectivity index (χ0n) is 8.29. The Labute approximate surface area is 75.7 Å². The highest BCUT2D eigenvalue weighted by molar-refractivity contribution is 5.07. The molecule has 0 spiro atoms. The van der Waals surface area contributed by atoms with Crippen LogP contribution < -0.4 is 0 Å². The van der Waals surface area contributed by atoms with E-state index in [1.807, 2.05) is 0 Å². The zero-order valence-corrected chi connectivity index (χ0v) is 8.29. The molecular weight excluding hydrogens is 144 g/mol. The molecule has 0 aromatic rings. The summed E-state index contributed by atoms with van der Waals surface area (Å²) in [6.45, 7) is 4.80. The van der Waals surface area contributed by atoms with Crippen molar-refractivity contribution in [3.8, 4) is 0 Å². The lowest BCUT2D eigenvalue weighted by Crippen LogP contribution is -1.90. The van der Waals surface area contributed by atoms with Gasteiger partial charge in [0.25, 0.3) is 0 Å². The maximum absolute atomic E-state index is 2.43. The molecule has 3 aliphatic rings. The molecule has 3 fully saturated rings. The first-order valence-electron chi connectivity index (χ1n) is 5.81. The quantitative estimate of drug-likeness (QED) is 0.600. The van der Waals surface area contributed by atoms with Crippen LogP contribution in [-0.4, -0.2) is 0 Å². The van der Waals surface area contributed by atoms with E-state index in [9.17, 15) is 0 Å². The van der Waals surface area contributed by atoms with E-state index in [0.717, 1.165) is 11.8 Å². The second-order valence-electron chi connectivity index (χ2n) is 5.51. The maximum Gasteiger partial charge on any atom is -0.0349 e. The van der Waals surface area contributed by atoms with E-state index < -0.39 is 0 Å². The van der Waals surface area contributed by atoms with Crippen molar-refractivity contribution in [2.45, 2.75) is 39.5 Å². The van der Waals surface area contributed by atoms with Crippen molar-refractivity contribution in [2.75, 3.05) is 0 Å². The number of hydrogen-bond acceptors (Lipinski definition) is 0. The van der Waals surface area contributed by atoms with Crippen LogP contribution in [0.5, 0.6) is 0 Å². The molecule has 6 unspecified atom stereocenters. The zero-order chi connectivity index (χ0) is 8.29. The largest absolute Gasteiger partial charge is 0.0651 e. The maximum atomic E-state index is 2.43. The molecule has 68 valence electrons. The van der Waals surface area contributed by atoms with Crippen LogP contribution in [0.2, 0.25) is 0 Å². The minimum Gasteiger partial charge on any atom is -0.0651 e. The molecule has 0 nitrogen and oxygen atoms in total. The average molecular weight is 164 g/mol. The second-order valence-corrected chi connectivity index (χ2v) is 5.51. The third-order valence-electron chi connectivity index (χ3n) is 4.66. The molecule has 12 heavy (non-hydrogen) atoms. The van der Waals surface area contributed by atoms with Gasteiger partial charge >= 0.3 is 0 Å². The number of hydrogen-bond donors (Lipinski definition) is 0. The summed E-state index contributed by atoms with van der Waals surface area (Å²) in [6.07, 6.45) is 6.20. The third kappa shape index (κ3) is 1.03. The first-order valence-corrected chi connectivity index (χ1v) is 5.81. The van der Waals surface area contributed by atoms with Gasteiger partial charge in [0.15, 0.2) is 0 Å². The smallest absolute Gasteiger partial charge is 0.0349 e. The molecule has 6 atom stereocenters. The Morgan fingerprint density at radius 2 is 1.58 bits per heavy atom. The predicted molar refractivity (Wildman–Crippen MR) is 50.8 cm³/mol. The van der Waals surface area contributed by atoms with Gasteiger partial charge in [0.05, 0.1) is 0 Å². The standard InChI is InChI=1S/C12H20/c1-3-8-5-10(8)12-6-11(12)9-4-7(9)2/h7-12H,3-6H2,1-2H3. The van der Waals surface area contributed by atoms with Crippen LogP contribution in [-0.2, 0) is 0 Å². The van der Waals surface area contributed by atoms with Crippen LogP contribution in [0.4, 0.5) is 0 Å². The predicted octanol–water partition coefficient (Wildman–Crippen LogP) is 3.32. The van der Waals surface area contributed by atoms with Gasteiger partial charge in [-0.25, -0.2) is 0 Å². The Kier molecular flexibility index (Phi) is 1.40. The lowest BCUT2D eigenvalue weighted by molar-refractivity contribution is 0.524. The summed E-state index contributed by atoms with van der Waals surface area (Å²) in [4.78, 5) is 0. The number of rotatable bonds is 3. The van der Waals surface area contributed by atoms with Crippen LogP contribution >= 0.6 is 0 Å². The van der Waals surface area contributed by atoms with Crippen molar-refractivity contribution in [2.24, 2.45) is 35.5 Å². The van der Waals surface area contributed by atoms with Crippen LogP contribution in [0.1, 0.15) is 39.5 Å². The van der Waals surface area contributed by atoms with Gasteiger partial charge in [-0.05, 0) is 54.8 Å². The van der Waals surface area contributed by atoms with Crippen molar-refractivity contribution in [1.82, 2.24) is 0 Å². The summed E-state index contributed by atoms with van der Waals surface area (Å²) in [5.41, 5.74) is 0. The van der Waals surface area contributed by atoms with Crippen LogP contribution in [0.15, 0.2) is 0 Å². The molecule has 0 aromatic carbocycles. The molecular formula is C12H20. The van der Waals surface area contributed by atoms with Crippen molar-refractivity contribution in [1.29, 1.82) is 0 Å². The molecule has 3 aliphatic carbocycles. The highest BCUT2D eigenvalue weighted by Gasteiger charge is 2.58. The summed E-state index contributed by atoms with van der Waals surface area (Å²) in [5.74, 6) is 7.00. The van der Waals surface area contributed by atoms with Crippen molar-refractivity contribution in [3.63, 3.8) is 0 Å². The van der Waals surface area contributed by atoms with Gasteiger partial charge in [0, 0.05) is 0 Å². The molecule has 0 heteroatoms. The van der Waals surface area contributed by atoms with Crippen LogP contribution in [0, 0.1) is 35.5 Å². The summed E-state index contributed by atoms with van der Waals surface area (Å²) in [5, 5.41) is 0. The van der Waals surface area contributed by atoms with E-state index in [1.54, 1.807) is 19.3 Å². The van der Waals surface area contributed by atoms with Crippen LogP contribution in [0.3, 0.4) is 0 Å². The van der Waals surface area contributed by atoms with E-state index in [2.05, 4.69) is 13.8 Å². The van der Waals surface area contributed by atoms with Crippen LogP contribution in [0.25, 0.3) is 0 Å². The molecule has 3 saturated carbocycles. The molecule has 0 aliphatic heterocycles. The molecule has 0 amide bonds. The van der Waals surface area contributed by atoms with Gasteiger partial charge in [-0.3, -0.25) is 0 Å². The van der Waals surface area contributed by atoms with E-state index in [-0.39, 0.29) is 0 Å². The molecule has 0 aromatic heterocycles. The van der Waals surface area contributed by atoms with E-state index in [1.165, 1.54) is 30.1 Å². The van der Waals surface area contributed by atoms with Gasteiger partial charge in [-0.15, -0.1) is 0 Å². The van der Waals surface area contributed by atoms with E-state index >= 15 is 0 Å². The molecule has 0 N–H and O–H groups in total. The summed E-state index contributed by atoms with van der Waals surface area (Å²) in [7, 11) is 0. The van der Waals surface area contributed by atoms with Crippen molar-refractivity contribution < 1.29 is 0 Å². The van der Waals surface area contributed by atoms with Gasteiger partial charge in [0.1, 0.15) is 0 Å². The molecule has 0 saturated heterocycles. The average Bonchev–Trinajstić information content (AvgIpc) is 2.89. The molecule has 3 rings (SSSR count). The van der Waals surface area contributed by atoms with Gasteiger partial charge in [-0.2, -0.15) is 0 Å². The van der Waals surface area contributed by atoms with Gasteiger partial charge in [-0.1, -0.05) is 20.3 Å². The Morgan fingerprint density at radius 3 is 2.08 bits per heavy atom. The minimum absolute atomic E-state index is 1.10. The topological polar surface area (TPSA) is 0 Å². The Hall–Kier alpha value is 0. The Bertz CT molecular complexity index is 196. The van der Waals surface area contributed by atoms with Crippen molar-refractivity contribution >= 4 is 0 Å². The monoisotopic (exact) mass is 164 g/mol. The summed E-state index contributed by atoms with van der Waals surface area (Å²) in [6, 6.07) is 0. The molecule has 0 radical (unpaired) electrons. The lowest BCUT2D eigenvalue weighted by atomic mass is 10.1. The third-order valence-corrected chi connectivity index (χ3v) is 4.66. The lowest BCUT2D eigenvalue weighted by Gasteiger charge is -1.95. The first kappa shape index (κ1) is 7.41. The Balaban J connectivity index is 1.50. The summed E-state index contributed by atoms with van der Waals surface area (Å²) < 4.78 is 0. The fourth-order valence-corrected chi connectivity index (χ4v) is 3.43. The minimum atomic E-state index is 1.10. The fraction of sp³-hybridized carbons (Fsp3) is 1.00. The summed E-state index contributed by atoms with van der Waals surface area (Å²) >= 11 is 0. The molecule has 0 heterocycles. The Morgan fingerprint density at radius 1 is 0.917 bits per heavy atom. The van der Waals surface area contributed by atoms with Crippen molar-refractivity contribution in [3.05, 3.63) is 0 Å². The SMILES string of the molecule is CCC1CC1C1CC1C1CC1C. The highest BCUT2D eigenvalue weighted by atomic mass is 14.6.